The molecule has 0 aromatic heterocycles. The van der Waals surface area contributed by atoms with Crippen molar-refractivity contribution in [2.45, 2.75) is 39.5 Å². The van der Waals surface area contributed by atoms with Gasteiger partial charge < -0.3 is 10.0 Å². The smallest absolute Gasteiger partial charge is 0.241 e. The molecule has 2 saturated heterocycles. The largest absolute Gasteiger partial charge is 0.507 e. The molecule has 53 heavy (non-hydrogen) atoms. The number of phenols is 1. The van der Waals surface area contributed by atoms with Crippen molar-refractivity contribution in [2.75, 3.05) is 28.8 Å². The highest BCUT2D eigenvalue weighted by Gasteiger charge is 2.67. The highest BCUT2D eigenvalue weighted by atomic mass is 16.3. The Bertz CT molecular complexity index is 2210. The Morgan fingerprint density at radius 1 is 0.736 bits per heavy atom. The molecule has 10 nitrogen and oxygen atoms in total. The molecule has 0 bridgehead atoms. The van der Waals surface area contributed by atoms with Gasteiger partial charge in [-0.1, -0.05) is 42.0 Å². The molecule has 4 aromatic rings. The zero-order chi connectivity index (χ0) is 37.3. The van der Waals surface area contributed by atoms with Crippen LogP contribution in [0.5, 0.6) is 5.75 Å². The molecule has 0 radical (unpaired) electrons. The maximum absolute atomic E-state index is 14.6. The number of aromatic hydroxyl groups is 1. The number of aryl methyl sites for hydroxylation is 2. The van der Waals surface area contributed by atoms with Crippen molar-refractivity contribution in [3.8, 4) is 5.75 Å². The number of azo groups is 1. The lowest BCUT2D eigenvalue weighted by atomic mass is 9.51. The normalized spacial score (nSPS) is 26.5. The third kappa shape index (κ3) is 5.30. The van der Waals surface area contributed by atoms with Gasteiger partial charge in [-0.2, -0.15) is 10.2 Å². The van der Waals surface area contributed by atoms with Crippen molar-refractivity contribution in [1.29, 1.82) is 0 Å². The van der Waals surface area contributed by atoms with Gasteiger partial charge in [0.25, 0.3) is 0 Å². The van der Waals surface area contributed by atoms with E-state index in [1.165, 1.54) is 9.80 Å². The lowest BCUT2D eigenvalue weighted by Gasteiger charge is -2.49. The molecule has 0 spiro atoms. The molecule has 268 valence electrons. The average Bonchev–Trinajstić information content (AvgIpc) is 3.52. The van der Waals surface area contributed by atoms with Crippen molar-refractivity contribution in [1.82, 2.24) is 0 Å². The molecule has 3 fully saturated rings. The van der Waals surface area contributed by atoms with E-state index in [0.29, 0.717) is 40.3 Å². The number of allylic oxidation sites excluding steroid dienone is 2. The molecule has 2 aliphatic carbocycles. The highest BCUT2D eigenvalue weighted by Crippen LogP contribution is 2.64. The van der Waals surface area contributed by atoms with Gasteiger partial charge in [-0.25, -0.2) is 4.90 Å². The van der Waals surface area contributed by atoms with Gasteiger partial charge in [0.2, 0.25) is 23.6 Å². The number of phenolic OH excluding ortho intramolecular Hbond substituents is 1. The number of rotatable bonds is 6. The number of nitrogens with zero attached hydrogens (tertiary/aromatic N) is 5. The molecule has 6 unspecified atom stereocenters. The molecule has 6 atom stereocenters. The second-order valence-corrected chi connectivity index (χ2v) is 15.1. The van der Waals surface area contributed by atoms with E-state index in [2.05, 4.69) is 10.2 Å². The van der Waals surface area contributed by atoms with Crippen LogP contribution in [0.2, 0.25) is 0 Å². The van der Waals surface area contributed by atoms with Crippen molar-refractivity contribution >= 4 is 52.1 Å². The van der Waals surface area contributed by atoms with E-state index in [4.69, 9.17) is 0 Å². The Hall–Kier alpha value is -5.90. The summed E-state index contributed by atoms with van der Waals surface area (Å²) in [6.45, 7) is 5.51. The monoisotopic (exact) mass is 707 g/mol. The Morgan fingerprint density at radius 2 is 1.32 bits per heavy atom. The van der Waals surface area contributed by atoms with Gasteiger partial charge in [-0.3, -0.25) is 24.1 Å². The SMILES string of the molecule is Cc1cc(C2C3=CCC4C(=O)N(c5ccc(N=Nc6ccc(N(C)C)cc6)cc5)C(=O)C4C3CC3C(=O)N(c4ccccc4)C(=O)C32C)cc(C)c1O. The van der Waals surface area contributed by atoms with Crippen LogP contribution in [0.4, 0.5) is 28.4 Å². The number of amides is 4. The van der Waals surface area contributed by atoms with Crippen LogP contribution in [0.15, 0.2) is 113 Å². The summed E-state index contributed by atoms with van der Waals surface area (Å²) in [4.78, 5) is 62.2. The minimum absolute atomic E-state index is 0.179. The minimum Gasteiger partial charge on any atom is -0.507 e. The fraction of sp³-hybridized carbons (Fsp3) is 0.302. The molecular formula is C43H41N5O5. The second-order valence-electron chi connectivity index (χ2n) is 15.1. The van der Waals surface area contributed by atoms with Gasteiger partial charge in [0.15, 0.2) is 0 Å². The summed E-state index contributed by atoms with van der Waals surface area (Å²) in [6.07, 6.45) is 2.65. The molecule has 1 N–H and O–H groups in total. The quantitative estimate of drug-likeness (QED) is 0.123. The van der Waals surface area contributed by atoms with E-state index in [-0.39, 0.29) is 35.8 Å². The zero-order valence-electron chi connectivity index (χ0n) is 30.4. The van der Waals surface area contributed by atoms with Gasteiger partial charge in [0, 0.05) is 25.7 Å². The molecule has 4 aliphatic rings. The maximum atomic E-state index is 14.6. The van der Waals surface area contributed by atoms with E-state index in [1.54, 1.807) is 48.5 Å². The van der Waals surface area contributed by atoms with Crippen LogP contribution in [0.1, 0.15) is 42.4 Å². The van der Waals surface area contributed by atoms with Gasteiger partial charge in [-0.15, -0.1) is 0 Å². The minimum atomic E-state index is -1.15. The molecule has 10 heteroatoms. The van der Waals surface area contributed by atoms with E-state index in [9.17, 15) is 24.3 Å². The Labute approximate surface area is 308 Å². The average molecular weight is 708 g/mol. The fourth-order valence-electron chi connectivity index (χ4n) is 9.23. The summed E-state index contributed by atoms with van der Waals surface area (Å²) in [5.74, 6) is -3.97. The first kappa shape index (κ1) is 34.2. The van der Waals surface area contributed by atoms with Crippen LogP contribution >= 0.6 is 0 Å². The van der Waals surface area contributed by atoms with Gasteiger partial charge in [0.05, 0.1) is 45.9 Å². The Morgan fingerprint density at radius 3 is 1.92 bits per heavy atom. The first-order chi connectivity index (χ1) is 25.4. The van der Waals surface area contributed by atoms with Crippen LogP contribution in [-0.2, 0) is 19.2 Å². The standard InChI is InChI=1S/C43H41N5O5/c1-24-21-26(22-25(2)38(24)49)37-32-19-20-33-36(34(32)23-35-40(51)48(42(53)43(35,37)3)30-9-7-6-8-10-30)41(52)47(39(33)50)31-17-13-28(14-18-31)45-44-27-11-15-29(16-12-27)46(4)5/h6-19,21-22,33-37,49H,20,23H2,1-5H3. The molecule has 2 heterocycles. The Kier molecular flexibility index (Phi) is 8.16. The third-order valence-electron chi connectivity index (χ3n) is 11.9. The van der Waals surface area contributed by atoms with E-state index in [0.717, 1.165) is 16.8 Å². The fourth-order valence-corrected chi connectivity index (χ4v) is 9.23. The van der Waals surface area contributed by atoms with Crippen molar-refractivity contribution in [2.24, 2.45) is 39.3 Å². The van der Waals surface area contributed by atoms with Crippen LogP contribution < -0.4 is 14.7 Å². The third-order valence-corrected chi connectivity index (χ3v) is 11.9. The van der Waals surface area contributed by atoms with Crippen LogP contribution in [-0.4, -0.2) is 42.8 Å². The highest BCUT2D eigenvalue weighted by molar-refractivity contribution is 6.25. The summed E-state index contributed by atoms with van der Waals surface area (Å²) in [5, 5.41) is 19.4. The van der Waals surface area contributed by atoms with Crippen molar-refractivity contribution < 1.29 is 24.3 Å². The van der Waals surface area contributed by atoms with Crippen LogP contribution in [0.25, 0.3) is 0 Å². The maximum Gasteiger partial charge on any atom is 0.241 e. The number of hydrogen-bond acceptors (Lipinski definition) is 8. The summed E-state index contributed by atoms with van der Waals surface area (Å²) in [6, 6.07) is 27.3. The predicted octanol–water partition coefficient (Wildman–Crippen LogP) is 7.93. The van der Waals surface area contributed by atoms with Gasteiger partial charge >= 0.3 is 0 Å². The number of hydrogen-bond donors (Lipinski definition) is 1. The van der Waals surface area contributed by atoms with Crippen LogP contribution in [0.3, 0.4) is 0 Å². The lowest BCUT2D eigenvalue weighted by Crippen LogP contribution is -2.49. The summed E-state index contributed by atoms with van der Waals surface area (Å²) in [7, 11) is 3.94. The number of carbonyl (C=O) groups is 4. The van der Waals surface area contributed by atoms with Gasteiger partial charge in [-0.05, 0) is 117 Å². The number of carbonyl (C=O) groups excluding carboxylic acids is 4. The number of fused-ring (bicyclic) bond motifs is 4. The number of para-hydroxylation sites is 1. The second kappa shape index (κ2) is 12.6. The first-order valence-corrected chi connectivity index (χ1v) is 18.0. The van der Waals surface area contributed by atoms with Crippen molar-refractivity contribution in [3.63, 3.8) is 0 Å². The van der Waals surface area contributed by atoms with Gasteiger partial charge in [0.1, 0.15) is 5.75 Å². The Balaban J connectivity index is 1.13. The molecule has 4 aromatic carbocycles. The molecule has 2 aliphatic heterocycles. The van der Waals surface area contributed by atoms with Crippen molar-refractivity contribution in [3.05, 3.63) is 119 Å². The topological polar surface area (TPSA) is 123 Å². The zero-order valence-corrected chi connectivity index (χ0v) is 30.4. The van der Waals surface area contributed by atoms with E-state index >= 15 is 0 Å². The van der Waals surface area contributed by atoms with Crippen LogP contribution in [0, 0.1) is 42.9 Å². The molecular weight excluding hydrogens is 667 g/mol. The molecule has 4 amide bonds. The molecule has 1 saturated carbocycles. The summed E-state index contributed by atoms with van der Waals surface area (Å²) < 4.78 is 0. The first-order valence-electron chi connectivity index (χ1n) is 18.0. The molecule has 8 rings (SSSR count). The summed E-state index contributed by atoms with van der Waals surface area (Å²) >= 11 is 0. The summed E-state index contributed by atoms with van der Waals surface area (Å²) in [5.41, 5.74) is 5.18. The number of benzene rings is 4. The number of anilines is 3. The van der Waals surface area contributed by atoms with E-state index in [1.807, 2.05) is 88.3 Å². The predicted molar refractivity (Wildman–Crippen MR) is 203 cm³/mol. The lowest BCUT2D eigenvalue weighted by molar-refractivity contribution is -0.131. The number of imide groups is 2. The van der Waals surface area contributed by atoms with E-state index < -0.39 is 35.0 Å².